The van der Waals surface area contributed by atoms with Crippen LogP contribution in [0.25, 0.3) is 5.82 Å². The van der Waals surface area contributed by atoms with Crippen molar-refractivity contribution in [1.29, 1.82) is 0 Å². The lowest BCUT2D eigenvalue weighted by atomic mass is 10.0. The molecular weight excluding hydrogens is 326 g/mol. The van der Waals surface area contributed by atoms with E-state index >= 15 is 0 Å². The van der Waals surface area contributed by atoms with Crippen LogP contribution in [0.3, 0.4) is 0 Å². The molecule has 1 fully saturated rings. The van der Waals surface area contributed by atoms with Gasteiger partial charge in [0.25, 0.3) is 5.91 Å². The highest BCUT2D eigenvalue weighted by atomic mass is 32.2. The predicted molar refractivity (Wildman–Crippen MR) is 92.2 cm³/mol. The molecule has 3 rings (SSSR count). The molecule has 7 heteroatoms. The van der Waals surface area contributed by atoms with Gasteiger partial charge in [0.2, 0.25) is 0 Å². The number of pyridine rings is 1. The van der Waals surface area contributed by atoms with E-state index in [1.165, 1.54) is 0 Å². The van der Waals surface area contributed by atoms with E-state index in [2.05, 4.69) is 10.3 Å². The molecule has 0 bridgehead atoms. The number of aromatic nitrogens is 2. The Hall–Kier alpha value is -2.15. The number of carbonyl (C=O) groups is 1. The molecule has 1 aliphatic heterocycles. The maximum atomic E-state index is 12.7. The van der Waals surface area contributed by atoms with Gasteiger partial charge in [0, 0.05) is 17.6 Å². The quantitative estimate of drug-likeness (QED) is 0.918. The molecule has 0 saturated carbocycles. The van der Waals surface area contributed by atoms with E-state index in [0.29, 0.717) is 12.0 Å². The van der Waals surface area contributed by atoms with Gasteiger partial charge in [0.15, 0.2) is 9.84 Å². The molecule has 6 nitrogen and oxygen atoms in total. The van der Waals surface area contributed by atoms with Crippen molar-refractivity contribution in [2.75, 3.05) is 11.5 Å². The van der Waals surface area contributed by atoms with E-state index in [9.17, 15) is 13.2 Å². The monoisotopic (exact) mass is 347 g/mol. The van der Waals surface area contributed by atoms with Crippen LogP contribution >= 0.6 is 0 Å². The Kier molecular flexibility index (Phi) is 3.99. The molecule has 0 aromatic carbocycles. The van der Waals surface area contributed by atoms with Crippen molar-refractivity contribution in [3.8, 4) is 5.82 Å². The van der Waals surface area contributed by atoms with Gasteiger partial charge in [-0.25, -0.2) is 13.4 Å². The van der Waals surface area contributed by atoms with Crippen molar-refractivity contribution in [2.24, 2.45) is 0 Å². The predicted octanol–water partition coefficient (Wildman–Crippen LogP) is 1.80. The van der Waals surface area contributed by atoms with Crippen LogP contribution in [0.2, 0.25) is 0 Å². The lowest BCUT2D eigenvalue weighted by Crippen LogP contribution is -2.47. The number of carbonyl (C=O) groups excluding carboxylic acids is 1. The van der Waals surface area contributed by atoms with Crippen LogP contribution in [0, 0.1) is 13.8 Å². The molecule has 128 valence electrons. The molecule has 0 spiro atoms. The SMILES string of the molecule is Cc1cc(C(=O)N[C@]2(C)CCS(=O)(=O)C2)c(C)n1-c1ccccn1. The Bertz CT molecular complexity index is 887. The van der Waals surface area contributed by atoms with Crippen LogP contribution in [0.15, 0.2) is 30.5 Å². The third-order valence-corrected chi connectivity index (χ3v) is 6.38. The molecular formula is C17H21N3O3S. The van der Waals surface area contributed by atoms with Crippen molar-refractivity contribution in [3.63, 3.8) is 0 Å². The molecule has 3 heterocycles. The fourth-order valence-corrected chi connectivity index (χ4v) is 5.37. The molecule has 0 unspecified atom stereocenters. The minimum absolute atomic E-state index is 0.00921. The number of nitrogens with zero attached hydrogens (tertiary/aromatic N) is 2. The van der Waals surface area contributed by atoms with Crippen molar-refractivity contribution in [3.05, 3.63) is 47.4 Å². The summed E-state index contributed by atoms with van der Waals surface area (Å²) in [6.45, 7) is 5.57. The number of sulfone groups is 1. The van der Waals surface area contributed by atoms with Crippen molar-refractivity contribution >= 4 is 15.7 Å². The molecule has 2 aromatic heterocycles. The number of aryl methyl sites for hydroxylation is 1. The number of rotatable bonds is 3. The van der Waals surface area contributed by atoms with Crippen molar-refractivity contribution in [1.82, 2.24) is 14.9 Å². The molecule has 2 aromatic rings. The van der Waals surface area contributed by atoms with Crippen LogP contribution in [0.5, 0.6) is 0 Å². The van der Waals surface area contributed by atoms with Gasteiger partial charge in [-0.2, -0.15) is 0 Å². The first-order valence-corrected chi connectivity index (χ1v) is 9.66. The van der Waals surface area contributed by atoms with E-state index in [-0.39, 0.29) is 17.4 Å². The van der Waals surface area contributed by atoms with Gasteiger partial charge >= 0.3 is 0 Å². The zero-order valence-corrected chi connectivity index (χ0v) is 14.9. The third-order valence-electron chi connectivity index (χ3n) is 4.47. The van der Waals surface area contributed by atoms with E-state index < -0.39 is 15.4 Å². The largest absolute Gasteiger partial charge is 0.346 e. The van der Waals surface area contributed by atoms with Crippen LogP contribution in [-0.2, 0) is 9.84 Å². The van der Waals surface area contributed by atoms with Crippen molar-refractivity contribution < 1.29 is 13.2 Å². The van der Waals surface area contributed by atoms with Gasteiger partial charge in [0.1, 0.15) is 5.82 Å². The Balaban J connectivity index is 1.90. The second kappa shape index (κ2) is 5.73. The second-order valence-corrected chi connectivity index (χ2v) is 8.85. The molecule has 1 atom stereocenters. The van der Waals surface area contributed by atoms with E-state index in [4.69, 9.17) is 0 Å². The standard InChI is InChI=1S/C17H21N3O3S/c1-12-10-14(13(2)20(12)15-6-4-5-8-18-15)16(21)19-17(3)7-9-24(22,23)11-17/h4-6,8,10H,7,9,11H2,1-3H3,(H,19,21)/t17-/m1/s1. The fraction of sp³-hybridized carbons (Fsp3) is 0.412. The topological polar surface area (TPSA) is 81.1 Å². The normalized spacial score (nSPS) is 22.5. The summed E-state index contributed by atoms with van der Waals surface area (Å²) in [6, 6.07) is 7.43. The summed E-state index contributed by atoms with van der Waals surface area (Å²) in [4.78, 5) is 17.0. The fourth-order valence-electron chi connectivity index (χ4n) is 3.28. The van der Waals surface area contributed by atoms with Crippen LogP contribution < -0.4 is 5.32 Å². The zero-order chi connectivity index (χ0) is 17.5. The Morgan fingerprint density at radius 2 is 2.08 bits per heavy atom. The Morgan fingerprint density at radius 1 is 1.33 bits per heavy atom. The van der Waals surface area contributed by atoms with Gasteiger partial charge in [-0.15, -0.1) is 0 Å². The Morgan fingerprint density at radius 3 is 2.67 bits per heavy atom. The molecule has 1 amide bonds. The minimum Gasteiger partial charge on any atom is -0.346 e. The second-order valence-electron chi connectivity index (χ2n) is 6.66. The molecule has 0 aliphatic carbocycles. The minimum atomic E-state index is -3.07. The van der Waals surface area contributed by atoms with Gasteiger partial charge in [-0.3, -0.25) is 4.79 Å². The smallest absolute Gasteiger partial charge is 0.253 e. The van der Waals surface area contributed by atoms with Crippen LogP contribution in [0.1, 0.15) is 35.1 Å². The summed E-state index contributed by atoms with van der Waals surface area (Å²) in [5.41, 5.74) is 1.53. The first-order chi connectivity index (χ1) is 11.2. The van der Waals surface area contributed by atoms with E-state index in [1.54, 1.807) is 13.1 Å². The highest BCUT2D eigenvalue weighted by Gasteiger charge is 2.39. The first kappa shape index (κ1) is 16.7. The van der Waals surface area contributed by atoms with Gasteiger partial charge in [0.05, 0.1) is 22.6 Å². The average Bonchev–Trinajstić information content (AvgIpc) is 2.95. The molecule has 24 heavy (non-hydrogen) atoms. The molecule has 1 saturated heterocycles. The summed E-state index contributed by atoms with van der Waals surface area (Å²) < 4.78 is 25.3. The zero-order valence-electron chi connectivity index (χ0n) is 14.0. The summed E-state index contributed by atoms with van der Waals surface area (Å²) in [6.07, 6.45) is 2.15. The first-order valence-electron chi connectivity index (χ1n) is 7.84. The highest BCUT2D eigenvalue weighted by Crippen LogP contribution is 2.25. The van der Waals surface area contributed by atoms with Gasteiger partial charge in [-0.05, 0) is 45.4 Å². The molecule has 1 N–H and O–H groups in total. The van der Waals surface area contributed by atoms with E-state index in [1.807, 2.05) is 42.7 Å². The maximum Gasteiger partial charge on any atom is 0.253 e. The number of nitrogens with one attached hydrogen (secondary N) is 1. The van der Waals surface area contributed by atoms with Crippen LogP contribution in [0.4, 0.5) is 0 Å². The summed E-state index contributed by atoms with van der Waals surface area (Å²) >= 11 is 0. The lowest BCUT2D eigenvalue weighted by molar-refractivity contribution is 0.0915. The maximum absolute atomic E-state index is 12.7. The Labute approximate surface area is 141 Å². The molecule has 0 radical (unpaired) electrons. The number of hydrogen-bond acceptors (Lipinski definition) is 4. The summed E-state index contributed by atoms with van der Waals surface area (Å²) in [5.74, 6) is 0.618. The van der Waals surface area contributed by atoms with Crippen LogP contribution in [-0.4, -0.2) is 40.9 Å². The average molecular weight is 347 g/mol. The van der Waals surface area contributed by atoms with Gasteiger partial charge in [-0.1, -0.05) is 6.07 Å². The summed E-state index contributed by atoms with van der Waals surface area (Å²) in [7, 11) is -3.07. The molecule has 1 aliphatic rings. The summed E-state index contributed by atoms with van der Waals surface area (Å²) in [5, 5.41) is 2.91. The highest BCUT2D eigenvalue weighted by molar-refractivity contribution is 7.91. The van der Waals surface area contributed by atoms with Crippen molar-refractivity contribution in [2.45, 2.75) is 32.7 Å². The van der Waals surface area contributed by atoms with Gasteiger partial charge < -0.3 is 9.88 Å². The third kappa shape index (κ3) is 3.08. The number of hydrogen-bond donors (Lipinski definition) is 1. The van der Waals surface area contributed by atoms with E-state index in [0.717, 1.165) is 17.2 Å². The number of amides is 1. The lowest BCUT2D eigenvalue weighted by Gasteiger charge is -2.23.